The van der Waals surface area contributed by atoms with Gasteiger partial charge in [0.15, 0.2) is 0 Å². The number of benzene rings is 3. The zero-order valence-corrected chi connectivity index (χ0v) is 19.5. The fourth-order valence-electron chi connectivity index (χ4n) is 4.47. The Labute approximate surface area is 203 Å². The number of hydrogen-bond donors (Lipinski definition) is 1. The Morgan fingerprint density at radius 3 is 2.11 bits per heavy atom. The topological polar surface area (TPSA) is 84.3 Å². The summed E-state index contributed by atoms with van der Waals surface area (Å²) in [5.41, 5.74) is 3.10. The van der Waals surface area contributed by atoms with E-state index in [4.69, 9.17) is 0 Å². The van der Waals surface area contributed by atoms with Gasteiger partial charge in [-0.15, -0.1) is 0 Å². The van der Waals surface area contributed by atoms with E-state index in [0.29, 0.717) is 27.9 Å². The average molecular weight is 467 g/mol. The van der Waals surface area contributed by atoms with Crippen molar-refractivity contribution in [1.29, 1.82) is 0 Å². The van der Waals surface area contributed by atoms with E-state index in [-0.39, 0.29) is 17.4 Å². The number of nitrogens with zero attached hydrogens (tertiary/aromatic N) is 3. The van der Waals surface area contributed by atoms with Gasteiger partial charge in [-0.25, -0.2) is 4.68 Å². The first-order valence-electron chi connectivity index (χ1n) is 11.8. The van der Waals surface area contributed by atoms with Gasteiger partial charge >= 0.3 is 0 Å². The number of fused-ring (bicyclic) bond motifs is 1. The van der Waals surface area contributed by atoms with E-state index in [1.54, 1.807) is 49.5 Å². The SMILES string of the molecule is Cn1nc(-c2ccc(C(=O)Nc3ccc(C(=O)N4CCCCC4)cc3)cc2)c2ccccc2c1=O. The Morgan fingerprint density at radius 1 is 0.800 bits per heavy atom. The molecule has 5 rings (SSSR count). The van der Waals surface area contributed by atoms with Crippen molar-refractivity contribution in [2.24, 2.45) is 7.05 Å². The summed E-state index contributed by atoms with van der Waals surface area (Å²) in [5.74, 6) is -0.206. The van der Waals surface area contributed by atoms with E-state index < -0.39 is 0 Å². The number of piperidine rings is 1. The Hall–Kier alpha value is -4.26. The number of amides is 2. The summed E-state index contributed by atoms with van der Waals surface area (Å²) in [6, 6.07) is 21.5. The van der Waals surface area contributed by atoms with Gasteiger partial charge in [-0.1, -0.05) is 30.3 Å². The largest absolute Gasteiger partial charge is 0.339 e. The van der Waals surface area contributed by atoms with Crippen molar-refractivity contribution in [2.75, 3.05) is 18.4 Å². The van der Waals surface area contributed by atoms with E-state index in [2.05, 4.69) is 10.4 Å². The molecule has 1 fully saturated rings. The molecule has 176 valence electrons. The van der Waals surface area contributed by atoms with Crippen LogP contribution >= 0.6 is 0 Å². The average Bonchev–Trinajstić information content (AvgIpc) is 2.91. The Balaban J connectivity index is 1.31. The molecule has 1 N–H and O–H groups in total. The first kappa shape index (κ1) is 22.5. The lowest BCUT2D eigenvalue weighted by atomic mass is 10.0. The molecule has 7 nitrogen and oxygen atoms in total. The van der Waals surface area contributed by atoms with Crippen LogP contribution in [0.4, 0.5) is 5.69 Å². The number of anilines is 1. The second-order valence-corrected chi connectivity index (χ2v) is 8.78. The predicted molar refractivity (Wildman–Crippen MR) is 137 cm³/mol. The van der Waals surface area contributed by atoms with E-state index in [1.165, 1.54) is 11.1 Å². The van der Waals surface area contributed by atoms with Crippen LogP contribution in [0.2, 0.25) is 0 Å². The van der Waals surface area contributed by atoms with E-state index in [1.807, 2.05) is 35.2 Å². The first-order valence-corrected chi connectivity index (χ1v) is 11.8. The van der Waals surface area contributed by atoms with Crippen molar-refractivity contribution in [3.63, 3.8) is 0 Å². The molecule has 2 amide bonds. The smallest absolute Gasteiger partial charge is 0.274 e. The van der Waals surface area contributed by atoms with Gasteiger partial charge in [-0.05, 0) is 61.7 Å². The van der Waals surface area contributed by atoms with Gasteiger partial charge in [0.1, 0.15) is 0 Å². The maximum atomic E-state index is 12.8. The maximum Gasteiger partial charge on any atom is 0.274 e. The lowest BCUT2D eigenvalue weighted by Gasteiger charge is -2.26. The fourth-order valence-corrected chi connectivity index (χ4v) is 4.47. The Bertz CT molecular complexity index is 1450. The monoisotopic (exact) mass is 466 g/mol. The van der Waals surface area contributed by atoms with Crippen LogP contribution in [0.5, 0.6) is 0 Å². The van der Waals surface area contributed by atoms with Gasteiger partial charge in [0.25, 0.3) is 17.4 Å². The third kappa shape index (κ3) is 4.57. The number of aromatic nitrogens is 2. The second kappa shape index (κ2) is 9.54. The third-order valence-electron chi connectivity index (χ3n) is 6.41. The van der Waals surface area contributed by atoms with Crippen molar-refractivity contribution in [3.05, 3.63) is 94.3 Å². The van der Waals surface area contributed by atoms with E-state index in [0.717, 1.165) is 36.9 Å². The molecule has 2 heterocycles. The number of likely N-dealkylation sites (tertiary alicyclic amines) is 1. The molecule has 0 bridgehead atoms. The number of carbonyl (C=O) groups excluding carboxylic acids is 2. The standard InChI is InChI=1S/C28H26N4O3/c1-31-28(35)24-8-4-3-7-23(24)25(30-31)19-9-11-20(12-10-19)26(33)29-22-15-13-21(14-16-22)27(34)32-17-5-2-6-18-32/h3-4,7-16H,2,5-6,17-18H2,1H3,(H,29,33). The quantitative estimate of drug-likeness (QED) is 0.481. The van der Waals surface area contributed by atoms with Crippen LogP contribution in [0.1, 0.15) is 40.0 Å². The highest BCUT2D eigenvalue weighted by Crippen LogP contribution is 2.25. The summed E-state index contributed by atoms with van der Waals surface area (Å²) < 4.78 is 1.33. The zero-order chi connectivity index (χ0) is 24.4. The maximum absolute atomic E-state index is 12.8. The summed E-state index contributed by atoms with van der Waals surface area (Å²) in [5, 5.41) is 8.70. The number of hydrogen-bond acceptors (Lipinski definition) is 4. The Morgan fingerprint density at radius 2 is 1.43 bits per heavy atom. The Kier molecular flexibility index (Phi) is 6.14. The molecule has 0 aliphatic carbocycles. The van der Waals surface area contributed by atoms with Crippen LogP contribution < -0.4 is 10.9 Å². The molecule has 7 heteroatoms. The molecule has 0 radical (unpaired) electrons. The van der Waals surface area contributed by atoms with E-state index >= 15 is 0 Å². The van der Waals surface area contributed by atoms with Gasteiger partial charge in [-0.3, -0.25) is 14.4 Å². The van der Waals surface area contributed by atoms with Gasteiger partial charge in [0.2, 0.25) is 0 Å². The predicted octanol–water partition coefficient (Wildman–Crippen LogP) is 4.48. The summed E-state index contributed by atoms with van der Waals surface area (Å²) in [7, 11) is 1.63. The van der Waals surface area contributed by atoms with Crippen molar-refractivity contribution in [1.82, 2.24) is 14.7 Å². The van der Waals surface area contributed by atoms with Crippen molar-refractivity contribution >= 4 is 28.3 Å². The summed E-state index contributed by atoms with van der Waals surface area (Å²) >= 11 is 0. The van der Waals surface area contributed by atoms with Gasteiger partial charge < -0.3 is 10.2 Å². The highest BCUT2D eigenvalue weighted by Gasteiger charge is 2.18. The minimum atomic E-state index is -0.245. The minimum absolute atomic E-state index is 0.0395. The summed E-state index contributed by atoms with van der Waals surface area (Å²) in [4.78, 5) is 39.7. The van der Waals surface area contributed by atoms with Gasteiger partial charge in [0.05, 0.1) is 11.1 Å². The molecule has 0 spiro atoms. The van der Waals surface area contributed by atoms with Crippen molar-refractivity contribution < 1.29 is 9.59 Å². The number of carbonyl (C=O) groups is 2. The lowest BCUT2D eigenvalue weighted by molar-refractivity contribution is 0.0724. The third-order valence-corrected chi connectivity index (χ3v) is 6.41. The fraction of sp³-hybridized carbons (Fsp3) is 0.214. The molecule has 1 aromatic heterocycles. The zero-order valence-electron chi connectivity index (χ0n) is 19.5. The molecule has 1 aliphatic heterocycles. The molecule has 4 aromatic rings. The summed E-state index contributed by atoms with van der Waals surface area (Å²) in [6.07, 6.45) is 3.27. The second-order valence-electron chi connectivity index (χ2n) is 8.78. The van der Waals surface area contributed by atoms with Gasteiger partial charge in [0, 0.05) is 47.9 Å². The molecule has 0 atom stereocenters. The van der Waals surface area contributed by atoms with Crippen molar-refractivity contribution in [2.45, 2.75) is 19.3 Å². The molecule has 1 aliphatic rings. The van der Waals surface area contributed by atoms with Crippen molar-refractivity contribution in [3.8, 4) is 11.3 Å². The van der Waals surface area contributed by atoms with Crippen LogP contribution in [0.25, 0.3) is 22.0 Å². The molecule has 3 aromatic carbocycles. The van der Waals surface area contributed by atoms with Crippen LogP contribution in [0, 0.1) is 0 Å². The van der Waals surface area contributed by atoms with Gasteiger partial charge in [-0.2, -0.15) is 5.10 Å². The molecular weight excluding hydrogens is 440 g/mol. The number of aryl methyl sites for hydroxylation is 1. The highest BCUT2D eigenvalue weighted by atomic mass is 16.2. The van der Waals surface area contributed by atoms with Crippen LogP contribution in [0.15, 0.2) is 77.6 Å². The molecule has 1 saturated heterocycles. The lowest BCUT2D eigenvalue weighted by Crippen LogP contribution is -2.35. The van der Waals surface area contributed by atoms with Crippen LogP contribution in [-0.2, 0) is 7.05 Å². The van der Waals surface area contributed by atoms with Crippen LogP contribution in [0.3, 0.4) is 0 Å². The number of nitrogens with one attached hydrogen (secondary N) is 1. The first-order chi connectivity index (χ1) is 17.0. The molecule has 0 unspecified atom stereocenters. The summed E-state index contributed by atoms with van der Waals surface area (Å²) in [6.45, 7) is 1.61. The van der Waals surface area contributed by atoms with Crippen LogP contribution in [-0.4, -0.2) is 39.6 Å². The molecular formula is C28H26N4O3. The normalized spacial score (nSPS) is 13.6. The molecule has 0 saturated carbocycles. The highest BCUT2D eigenvalue weighted by molar-refractivity contribution is 6.05. The minimum Gasteiger partial charge on any atom is -0.339 e. The van der Waals surface area contributed by atoms with E-state index in [9.17, 15) is 14.4 Å². The molecule has 35 heavy (non-hydrogen) atoms. The number of rotatable bonds is 4.